The van der Waals surface area contributed by atoms with Gasteiger partial charge in [0.1, 0.15) is 0 Å². The highest BCUT2D eigenvalue weighted by molar-refractivity contribution is 8.13. The largest absolute Gasteiger partial charge is 0.468 e. The van der Waals surface area contributed by atoms with Gasteiger partial charge in [0.25, 0.3) is 15.5 Å². The van der Waals surface area contributed by atoms with Crippen molar-refractivity contribution in [2.75, 3.05) is 6.61 Å². The number of carbonyl (C=O) groups excluding carboxylic acids is 1. The minimum Gasteiger partial charge on any atom is -0.468 e. The summed E-state index contributed by atoms with van der Waals surface area (Å²) in [6, 6.07) is 4.87. The minimum atomic E-state index is -3.67. The number of hydrogen-bond donors (Lipinski definition) is 0. The smallest absolute Gasteiger partial charge is 0.293 e. The van der Waals surface area contributed by atoms with E-state index in [0.717, 1.165) is 17.5 Å². The van der Waals surface area contributed by atoms with Gasteiger partial charge in [-0.15, -0.1) is 0 Å². The van der Waals surface area contributed by atoms with Gasteiger partial charge in [0.2, 0.25) is 0 Å². The summed E-state index contributed by atoms with van der Waals surface area (Å²) in [4.78, 5) is 10.2. The number of rotatable bonds is 4. The zero-order chi connectivity index (χ0) is 12.5. The molecular weight excluding hydrogens is 264 g/mol. The predicted octanol–water partition coefficient (Wildman–Crippen LogP) is 1.50. The van der Waals surface area contributed by atoms with Gasteiger partial charge in [-0.3, -0.25) is 4.79 Å². The molecule has 0 heterocycles. The van der Waals surface area contributed by atoms with Crippen LogP contribution in [0.4, 0.5) is 0 Å². The average molecular weight is 275 g/mol. The Hall–Kier alpha value is -1.07. The highest BCUT2D eigenvalue weighted by Gasteiger charge is 2.23. The fourth-order valence-corrected chi connectivity index (χ4v) is 2.93. The zero-order valence-corrected chi connectivity index (χ0v) is 10.5. The molecule has 0 N–H and O–H groups in total. The quantitative estimate of drug-likeness (QED) is 0.617. The van der Waals surface area contributed by atoms with Crippen molar-refractivity contribution in [2.24, 2.45) is 5.92 Å². The fourth-order valence-electron chi connectivity index (χ4n) is 2.13. The fraction of sp³-hybridized carbons (Fsp3) is 0.364. The molecule has 1 aromatic carbocycles. The number of hydrogen-bond acceptors (Lipinski definition) is 4. The molecule has 6 heteroatoms. The Morgan fingerprint density at radius 1 is 1.35 bits per heavy atom. The van der Waals surface area contributed by atoms with E-state index in [1.165, 1.54) is 6.07 Å². The summed E-state index contributed by atoms with van der Waals surface area (Å²) < 4.78 is 27.1. The van der Waals surface area contributed by atoms with Gasteiger partial charge < -0.3 is 4.74 Å². The van der Waals surface area contributed by atoms with Gasteiger partial charge >= 0.3 is 0 Å². The summed E-state index contributed by atoms with van der Waals surface area (Å²) in [6.07, 6.45) is 1.51. The van der Waals surface area contributed by atoms with Crippen molar-refractivity contribution >= 4 is 26.2 Å². The highest BCUT2D eigenvalue weighted by Crippen LogP contribution is 2.29. The van der Waals surface area contributed by atoms with Crippen molar-refractivity contribution < 1.29 is 17.9 Å². The Labute approximate surface area is 104 Å². The predicted molar refractivity (Wildman–Crippen MR) is 62.4 cm³/mol. The third kappa shape index (κ3) is 2.79. The van der Waals surface area contributed by atoms with Crippen molar-refractivity contribution in [3.05, 3.63) is 29.3 Å². The van der Waals surface area contributed by atoms with Gasteiger partial charge in [-0.25, -0.2) is 8.42 Å². The van der Waals surface area contributed by atoms with Crippen LogP contribution < -0.4 is 0 Å². The van der Waals surface area contributed by atoms with E-state index in [1.54, 1.807) is 12.1 Å². The Bertz CT molecular complexity index is 538. The lowest BCUT2D eigenvalue weighted by Crippen LogP contribution is -2.08. The van der Waals surface area contributed by atoms with Gasteiger partial charge in [-0.2, -0.15) is 0 Å². The molecule has 92 valence electrons. The third-order valence-corrected chi connectivity index (χ3v) is 4.23. The van der Waals surface area contributed by atoms with Crippen molar-refractivity contribution in [3.8, 4) is 0 Å². The van der Waals surface area contributed by atoms with E-state index in [9.17, 15) is 13.2 Å². The number of benzene rings is 1. The van der Waals surface area contributed by atoms with Crippen LogP contribution in [0.5, 0.6) is 0 Å². The molecule has 0 amide bonds. The van der Waals surface area contributed by atoms with Crippen molar-refractivity contribution in [2.45, 2.75) is 17.7 Å². The lowest BCUT2D eigenvalue weighted by Gasteiger charge is -2.05. The third-order valence-electron chi connectivity index (χ3n) is 2.88. The van der Waals surface area contributed by atoms with Crippen molar-refractivity contribution in [3.63, 3.8) is 0 Å². The van der Waals surface area contributed by atoms with Crippen molar-refractivity contribution in [1.82, 2.24) is 0 Å². The van der Waals surface area contributed by atoms with E-state index in [-0.39, 0.29) is 10.8 Å². The van der Waals surface area contributed by atoms with E-state index in [4.69, 9.17) is 15.4 Å². The van der Waals surface area contributed by atoms with Crippen LogP contribution in [-0.4, -0.2) is 21.5 Å². The second-order valence-electron chi connectivity index (χ2n) is 4.07. The lowest BCUT2D eigenvalue weighted by atomic mass is 10.1. The normalized spacial score (nSPS) is 18.8. The summed E-state index contributed by atoms with van der Waals surface area (Å²) in [6.45, 7) is 0.790. The van der Waals surface area contributed by atoms with Gasteiger partial charge in [0.05, 0.1) is 11.5 Å². The molecule has 0 radical (unpaired) electrons. The van der Waals surface area contributed by atoms with E-state index in [2.05, 4.69) is 0 Å². The first kappa shape index (κ1) is 12.4. The van der Waals surface area contributed by atoms with Crippen LogP contribution in [0.25, 0.3) is 0 Å². The maximum atomic E-state index is 11.2. The van der Waals surface area contributed by atoms with Gasteiger partial charge in [0.15, 0.2) is 0 Å². The molecule has 1 aliphatic carbocycles. The second kappa shape index (κ2) is 4.66. The Kier molecular flexibility index (Phi) is 3.40. The molecule has 1 unspecified atom stereocenters. The number of fused-ring (bicyclic) bond motifs is 1. The maximum Gasteiger partial charge on any atom is 0.293 e. The molecule has 1 aromatic rings. The molecule has 0 fully saturated rings. The average Bonchev–Trinajstić information content (AvgIpc) is 2.66. The Morgan fingerprint density at radius 2 is 2.06 bits per heavy atom. The summed E-state index contributed by atoms with van der Waals surface area (Å²) >= 11 is 0. The van der Waals surface area contributed by atoms with Crippen LogP contribution in [0.1, 0.15) is 11.1 Å². The van der Waals surface area contributed by atoms with Crippen LogP contribution in [0, 0.1) is 5.92 Å². The van der Waals surface area contributed by atoms with E-state index >= 15 is 0 Å². The molecule has 4 nitrogen and oxygen atoms in total. The molecule has 1 atom stereocenters. The highest BCUT2D eigenvalue weighted by atomic mass is 35.7. The number of carbonyl (C=O) groups is 1. The van der Waals surface area contributed by atoms with Crippen LogP contribution in [-0.2, 0) is 31.4 Å². The van der Waals surface area contributed by atoms with Gasteiger partial charge in [0, 0.05) is 16.6 Å². The molecule has 0 spiro atoms. The molecule has 0 aromatic heterocycles. The van der Waals surface area contributed by atoms with Gasteiger partial charge in [-0.1, -0.05) is 6.07 Å². The Balaban J connectivity index is 2.19. The molecule has 0 aliphatic heterocycles. The summed E-state index contributed by atoms with van der Waals surface area (Å²) in [5, 5.41) is 0. The standard InChI is InChI=1S/C11H11ClO4S/c12-17(14,15)11-2-1-9-3-8(6-16-7-13)4-10(9)5-11/h1-2,5,7-8H,3-4,6H2. The molecule has 0 saturated carbocycles. The summed E-state index contributed by atoms with van der Waals surface area (Å²) in [5.41, 5.74) is 2.06. The van der Waals surface area contributed by atoms with Gasteiger partial charge in [-0.05, 0) is 36.1 Å². The monoisotopic (exact) mass is 274 g/mol. The topological polar surface area (TPSA) is 60.4 Å². The minimum absolute atomic E-state index is 0.120. The first-order valence-corrected chi connectivity index (χ1v) is 7.43. The Morgan fingerprint density at radius 3 is 2.71 bits per heavy atom. The van der Waals surface area contributed by atoms with Crippen molar-refractivity contribution in [1.29, 1.82) is 0 Å². The lowest BCUT2D eigenvalue weighted by molar-refractivity contribution is -0.129. The van der Waals surface area contributed by atoms with E-state index in [0.29, 0.717) is 19.5 Å². The number of halogens is 1. The molecular formula is C11H11ClO4S. The number of ether oxygens (including phenoxy) is 1. The summed E-state index contributed by atoms with van der Waals surface area (Å²) in [5.74, 6) is 0.225. The van der Waals surface area contributed by atoms with E-state index in [1.807, 2.05) is 0 Å². The van der Waals surface area contributed by atoms with Crippen LogP contribution in [0.2, 0.25) is 0 Å². The molecule has 0 bridgehead atoms. The zero-order valence-electron chi connectivity index (χ0n) is 8.93. The summed E-state index contributed by atoms with van der Waals surface area (Å²) in [7, 11) is 1.61. The van der Waals surface area contributed by atoms with Crippen LogP contribution >= 0.6 is 10.7 Å². The molecule has 17 heavy (non-hydrogen) atoms. The maximum absolute atomic E-state index is 11.2. The second-order valence-corrected chi connectivity index (χ2v) is 6.64. The first-order chi connectivity index (χ1) is 8.00. The van der Waals surface area contributed by atoms with Crippen LogP contribution in [0.15, 0.2) is 23.1 Å². The van der Waals surface area contributed by atoms with Crippen LogP contribution in [0.3, 0.4) is 0 Å². The first-order valence-electron chi connectivity index (χ1n) is 5.12. The SMILES string of the molecule is O=COCC1Cc2ccc(S(=O)(=O)Cl)cc2C1. The molecule has 1 aliphatic rings. The molecule has 0 saturated heterocycles. The molecule has 2 rings (SSSR count). The van der Waals surface area contributed by atoms with E-state index < -0.39 is 9.05 Å².